The van der Waals surface area contributed by atoms with E-state index in [1.807, 2.05) is 30.3 Å². The third-order valence-corrected chi connectivity index (χ3v) is 2.99. The molecule has 0 radical (unpaired) electrons. The first kappa shape index (κ1) is 13.9. The minimum Gasteiger partial charge on any atom is -0.496 e. The van der Waals surface area contributed by atoms with Crippen LogP contribution >= 0.6 is 0 Å². The minimum atomic E-state index is -0.447. The molecule has 1 N–H and O–H groups in total. The molecule has 0 spiro atoms. The van der Waals surface area contributed by atoms with E-state index < -0.39 is 5.97 Å². The molecule has 0 aliphatic rings. The molecule has 4 heteroatoms. The number of fused-ring (bicyclic) bond motifs is 1. The highest BCUT2D eigenvalue weighted by molar-refractivity contribution is 6.01. The molecule has 2 aromatic rings. The third-order valence-electron chi connectivity index (χ3n) is 2.99. The van der Waals surface area contributed by atoms with Gasteiger partial charge >= 0.3 is 5.97 Å². The molecule has 0 atom stereocenters. The minimum absolute atomic E-state index is 0.354. The lowest BCUT2D eigenvalue weighted by molar-refractivity contribution is -0.129. The summed E-state index contributed by atoms with van der Waals surface area (Å²) in [6.45, 7) is 5.22. The number of carbonyl (C=O) groups is 1. The molecular formula is C16H17NO3. The molecule has 2 rings (SSSR count). The van der Waals surface area contributed by atoms with Gasteiger partial charge in [-0.3, -0.25) is 0 Å². The Hall–Kier alpha value is -2.49. The van der Waals surface area contributed by atoms with Crippen molar-refractivity contribution in [1.82, 2.24) is 0 Å². The predicted molar refractivity (Wildman–Crippen MR) is 80.5 cm³/mol. The summed E-state index contributed by atoms with van der Waals surface area (Å²) in [6.07, 6.45) is 0. The number of nitrogens with one attached hydrogen (secondary N) is 1. The summed E-state index contributed by atoms with van der Waals surface area (Å²) in [5.41, 5.74) is 1.04. The highest BCUT2D eigenvalue weighted by atomic mass is 16.5. The van der Waals surface area contributed by atoms with Crippen molar-refractivity contribution in [1.29, 1.82) is 0 Å². The summed E-state index contributed by atoms with van der Waals surface area (Å²) in [5.74, 6) is 0.758. The maximum Gasteiger partial charge on any atom is 0.338 e. The Morgan fingerprint density at radius 2 is 1.90 bits per heavy atom. The Bertz CT molecular complexity index is 677. The summed E-state index contributed by atoms with van der Waals surface area (Å²) in [7, 11) is 3.38. The highest BCUT2D eigenvalue weighted by Gasteiger charge is 2.16. The van der Waals surface area contributed by atoms with Gasteiger partial charge in [-0.25, -0.2) is 4.79 Å². The van der Waals surface area contributed by atoms with E-state index in [0.29, 0.717) is 17.0 Å². The Labute approximate surface area is 118 Å². The third kappa shape index (κ3) is 2.45. The van der Waals surface area contributed by atoms with Gasteiger partial charge in [-0.2, -0.15) is 0 Å². The van der Waals surface area contributed by atoms with Gasteiger partial charge in [-0.1, -0.05) is 30.8 Å². The number of carbonyl (C=O) groups excluding carboxylic acids is 1. The largest absolute Gasteiger partial charge is 0.496 e. The summed E-state index contributed by atoms with van der Waals surface area (Å²) in [4.78, 5) is 11.8. The fraction of sp³-hybridized carbons (Fsp3) is 0.188. The Morgan fingerprint density at radius 3 is 2.45 bits per heavy atom. The first-order valence-electron chi connectivity index (χ1n) is 6.23. The first-order valence-corrected chi connectivity index (χ1v) is 6.23. The number of esters is 1. The monoisotopic (exact) mass is 271 g/mol. The number of ether oxygens (including phenoxy) is 2. The number of hydrogen-bond acceptors (Lipinski definition) is 4. The molecule has 4 nitrogen and oxygen atoms in total. The van der Waals surface area contributed by atoms with E-state index in [-0.39, 0.29) is 0 Å². The quantitative estimate of drug-likeness (QED) is 0.526. The van der Waals surface area contributed by atoms with Crippen molar-refractivity contribution in [3.05, 3.63) is 42.5 Å². The zero-order valence-corrected chi connectivity index (χ0v) is 11.8. The lowest BCUT2D eigenvalue weighted by Gasteiger charge is -2.15. The van der Waals surface area contributed by atoms with Gasteiger partial charge in [0, 0.05) is 29.5 Å². The molecule has 0 amide bonds. The molecule has 0 unspecified atom stereocenters. The van der Waals surface area contributed by atoms with Crippen molar-refractivity contribution < 1.29 is 14.3 Å². The van der Waals surface area contributed by atoms with Crippen LogP contribution in [0.2, 0.25) is 0 Å². The standard InChI is InChI=1S/C16H17NO3/c1-10(2)16(18)20-15-12-8-6-5-7-11(12)14(19-4)9-13(15)17-3/h5-9,17H,1H2,2-4H3. The van der Waals surface area contributed by atoms with Gasteiger partial charge in [0.15, 0.2) is 5.75 Å². The van der Waals surface area contributed by atoms with Gasteiger partial charge in [0.2, 0.25) is 0 Å². The maximum absolute atomic E-state index is 11.8. The zero-order chi connectivity index (χ0) is 14.7. The van der Waals surface area contributed by atoms with E-state index in [1.54, 1.807) is 21.1 Å². The van der Waals surface area contributed by atoms with Gasteiger partial charge in [0.25, 0.3) is 0 Å². The van der Waals surface area contributed by atoms with E-state index in [4.69, 9.17) is 9.47 Å². The number of hydrogen-bond donors (Lipinski definition) is 1. The van der Waals surface area contributed by atoms with Crippen molar-refractivity contribution in [2.75, 3.05) is 19.5 Å². The highest BCUT2D eigenvalue weighted by Crippen LogP contribution is 2.40. The fourth-order valence-electron chi connectivity index (χ4n) is 1.96. The number of methoxy groups -OCH3 is 1. The fourth-order valence-corrected chi connectivity index (χ4v) is 1.96. The van der Waals surface area contributed by atoms with E-state index in [1.165, 1.54) is 0 Å². The van der Waals surface area contributed by atoms with Crippen LogP contribution in [0, 0.1) is 0 Å². The van der Waals surface area contributed by atoms with E-state index >= 15 is 0 Å². The van der Waals surface area contributed by atoms with Gasteiger partial charge in [0.05, 0.1) is 12.8 Å². The molecule has 20 heavy (non-hydrogen) atoms. The second-order valence-corrected chi connectivity index (χ2v) is 4.42. The summed E-state index contributed by atoms with van der Waals surface area (Å²) < 4.78 is 10.8. The molecule has 0 heterocycles. The second kappa shape index (κ2) is 5.65. The Kier molecular flexibility index (Phi) is 3.94. The molecule has 0 bridgehead atoms. The van der Waals surface area contributed by atoms with Crippen molar-refractivity contribution in [3.63, 3.8) is 0 Å². The van der Waals surface area contributed by atoms with Gasteiger partial charge in [-0.05, 0) is 6.92 Å². The second-order valence-electron chi connectivity index (χ2n) is 4.42. The van der Waals surface area contributed by atoms with Gasteiger partial charge in [0.1, 0.15) is 5.75 Å². The summed E-state index contributed by atoms with van der Waals surface area (Å²) in [5, 5.41) is 4.72. The Morgan fingerprint density at radius 1 is 1.25 bits per heavy atom. The maximum atomic E-state index is 11.8. The molecule has 0 saturated carbocycles. The molecule has 2 aromatic carbocycles. The zero-order valence-electron chi connectivity index (χ0n) is 11.8. The number of benzene rings is 2. The number of anilines is 1. The van der Waals surface area contributed by atoms with E-state index in [9.17, 15) is 4.79 Å². The van der Waals surface area contributed by atoms with E-state index in [0.717, 1.165) is 16.5 Å². The van der Waals surface area contributed by atoms with Gasteiger partial charge < -0.3 is 14.8 Å². The smallest absolute Gasteiger partial charge is 0.338 e. The molecular weight excluding hydrogens is 254 g/mol. The van der Waals surface area contributed by atoms with Crippen LogP contribution in [0.3, 0.4) is 0 Å². The lowest BCUT2D eigenvalue weighted by atomic mass is 10.1. The topological polar surface area (TPSA) is 47.6 Å². The van der Waals surface area contributed by atoms with Crippen molar-refractivity contribution >= 4 is 22.4 Å². The molecule has 0 fully saturated rings. The van der Waals surface area contributed by atoms with Crippen molar-refractivity contribution in [3.8, 4) is 11.5 Å². The van der Waals surface area contributed by atoms with Crippen LogP contribution in [0.4, 0.5) is 5.69 Å². The summed E-state index contributed by atoms with van der Waals surface area (Å²) >= 11 is 0. The number of rotatable bonds is 4. The van der Waals surface area contributed by atoms with Crippen LogP contribution in [0.25, 0.3) is 10.8 Å². The van der Waals surface area contributed by atoms with E-state index in [2.05, 4.69) is 11.9 Å². The van der Waals surface area contributed by atoms with Crippen LogP contribution in [-0.2, 0) is 4.79 Å². The average Bonchev–Trinajstić information content (AvgIpc) is 2.47. The molecule has 0 aliphatic carbocycles. The van der Waals surface area contributed by atoms with Crippen LogP contribution in [0.5, 0.6) is 11.5 Å². The lowest BCUT2D eigenvalue weighted by Crippen LogP contribution is -2.10. The summed E-state index contributed by atoms with van der Waals surface area (Å²) in [6, 6.07) is 9.42. The predicted octanol–water partition coefficient (Wildman–Crippen LogP) is 3.37. The van der Waals surface area contributed by atoms with Crippen LogP contribution < -0.4 is 14.8 Å². The van der Waals surface area contributed by atoms with Crippen LogP contribution in [0.1, 0.15) is 6.92 Å². The Balaban J connectivity index is 2.68. The van der Waals surface area contributed by atoms with Crippen LogP contribution in [0.15, 0.2) is 42.5 Å². The average molecular weight is 271 g/mol. The first-order chi connectivity index (χ1) is 9.58. The normalized spacial score (nSPS) is 10.2. The molecule has 104 valence electrons. The molecule has 0 aromatic heterocycles. The van der Waals surface area contributed by atoms with Crippen molar-refractivity contribution in [2.45, 2.75) is 6.92 Å². The molecule has 0 saturated heterocycles. The molecule has 0 aliphatic heterocycles. The van der Waals surface area contributed by atoms with Crippen molar-refractivity contribution in [2.24, 2.45) is 0 Å². The van der Waals surface area contributed by atoms with Crippen LogP contribution in [-0.4, -0.2) is 20.1 Å². The SMILES string of the molecule is C=C(C)C(=O)Oc1c(NC)cc(OC)c2ccccc12. The van der Waals surface area contributed by atoms with Gasteiger partial charge in [-0.15, -0.1) is 0 Å².